The van der Waals surface area contributed by atoms with Gasteiger partial charge in [-0.05, 0) is 73.9 Å². The van der Waals surface area contributed by atoms with Crippen molar-refractivity contribution in [2.75, 3.05) is 5.32 Å². The molecule has 6 heteroatoms. The van der Waals surface area contributed by atoms with Crippen LogP contribution in [0.4, 0.5) is 5.69 Å². The molecule has 0 aliphatic carbocycles. The Labute approximate surface area is 222 Å². The largest absolute Gasteiger partial charge is 0.558 e. The first-order valence-corrected chi connectivity index (χ1v) is 12.9. The molecule has 186 valence electrons. The molecule has 4 aromatic carbocycles. The number of ether oxygens (including phenoxy) is 1. The molecular formula is C32H28BN3O2. The first-order chi connectivity index (χ1) is 18.7. The van der Waals surface area contributed by atoms with Gasteiger partial charge in [0.15, 0.2) is 0 Å². The number of hydrogen-bond donors (Lipinski definition) is 1. The van der Waals surface area contributed by atoms with Crippen molar-refractivity contribution in [3.05, 3.63) is 115 Å². The highest BCUT2D eigenvalue weighted by atomic mass is 16.5. The van der Waals surface area contributed by atoms with Crippen molar-refractivity contribution in [1.82, 2.24) is 9.55 Å². The molecular weight excluding hydrogens is 469 g/mol. The minimum atomic E-state index is 0.324. The van der Waals surface area contributed by atoms with Gasteiger partial charge in [0.25, 0.3) is 0 Å². The first kappa shape index (κ1) is 23.7. The lowest BCUT2D eigenvalue weighted by Crippen LogP contribution is -2.21. The molecule has 0 bridgehead atoms. The quantitative estimate of drug-likeness (QED) is 0.234. The summed E-state index contributed by atoms with van der Waals surface area (Å²) in [5, 5.41) is 5.79. The summed E-state index contributed by atoms with van der Waals surface area (Å²) in [6.07, 6.45) is 1.82. The molecule has 0 atom stereocenters. The van der Waals surface area contributed by atoms with Crippen LogP contribution in [-0.2, 0) is 0 Å². The monoisotopic (exact) mass is 497 g/mol. The zero-order valence-electron chi connectivity index (χ0n) is 21.5. The number of hydrogen-bond acceptors (Lipinski definition) is 4. The average Bonchev–Trinajstić information content (AvgIpc) is 3.26. The van der Waals surface area contributed by atoms with Crippen LogP contribution >= 0.6 is 0 Å². The summed E-state index contributed by atoms with van der Waals surface area (Å²) in [5.74, 6) is 3.24. The van der Waals surface area contributed by atoms with Crippen LogP contribution in [0, 0.1) is 0 Å². The number of rotatable bonds is 8. The number of nitrogens with zero attached hydrogens (tertiary/aromatic N) is 2. The van der Waals surface area contributed by atoms with Crippen LogP contribution in [0.3, 0.4) is 0 Å². The normalized spacial score (nSPS) is 11.1. The van der Waals surface area contributed by atoms with E-state index in [2.05, 4.69) is 65.1 Å². The molecule has 0 aliphatic rings. The molecule has 0 saturated heterocycles. The highest BCUT2D eigenvalue weighted by Gasteiger charge is 2.14. The van der Waals surface area contributed by atoms with Gasteiger partial charge in [-0.15, -0.1) is 0 Å². The van der Waals surface area contributed by atoms with Gasteiger partial charge in [0.2, 0.25) is 0 Å². The van der Waals surface area contributed by atoms with Crippen molar-refractivity contribution in [1.29, 1.82) is 0 Å². The number of para-hydroxylation sites is 3. The molecule has 0 saturated carbocycles. The van der Waals surface area contributed by atoms with Crippen LogP contribution in [0.25, 0.3) is 27.6 Å². The zero-order valence-corrected chi connectivity index (χ0v) is 21.5. The van der Waals surface area contributed by atoms with E-state index in [1.54, 1.807) is 0 Å². The van der Waals surface area contributed by atoms with E-state index >= 15 is 0 Å². The van der Waals surface area contributed by atoms with E-state index in [0.717, 1.165) is 50.6 Å². The summed E-state index contributed by atoms with van der Waals surface area (Å²) in [5.41, 5.74) is 4.19. The Morgan fingerprint density at radius 1 is 0.737 bits per heavy atom. The van der Waals surface area contributed by atoms with E-state index in [4.69, 9.17) is 9.39 Å². The van der Waals surface area contributed by atoms with Crippen LogP contribution in [0.5, 0.6) is 17.2 Å². The zero-order chi connectivity index (χ0) is 25.9. The van der Waals surface area contributed by atoms with Crippen LogP contribution < -0.4 is 20.2 Å². The Balaban J connectivity index is 1.28. The van der Waals surface area contributed by atoms with E-state index in [1.165, 1.54) is 5.39 Å². The lowest BCUT2D eigenvalue weighted by molar-refractivity contribution is 0.483. The van der Waals surface area contributed by atoms with Crippen molar-refractivity contribution in [2.45, 2.75) is 19.9 Å². The second kappa shape index (κ2) is 10.3. The number of anilines is 1. The maximum atomic E-state index is 6.34. The molecule has 6 rings (SSSR count). The van der Waals surface area contributed by atoms with E-state index in [1.807, 2.05) is 79.0 Å². The van der Waals surface area contributed by atoms with Crippen LogP contribution in [0.2, 0.25) is 0 Å². The fourth-order valence-electron chi connectivity index (χ4n) is 4.77. The number of pyridine rings is 1. The molecule has 38 heavy (non-hydrogen) atoms. The molecule has 0 fully saturated rings. The Bertz CT molecular complexity index is 1710. The second-order valence-corrected chi connectivity index (χ2v) is 9.55. The second-order valence-electron chi connectivity index (χ2n) is 9.55. The lowest BCUT2D eigenvalue weighted by atomic mass is 9.88. The number of benzene rings is 4. The molecule has 2 heterocycles. The topological polar surface area (TPSA) is 48.3 Å². The number of nitrogens with one attached hydrogen (secondary N) is 1. The van der Waals surface area contributed by atoms with Gasteiger partial charge < -0.3 is 14.7 Å². The Morgan fingerprint density at radius 2 is 1.53 bits per heavy atom. The standard InChI is InChI=1S/C32H28BN3O2/c1-22(2)35-28-13-4-6-15-31(28)38-33-23-10-9-11-24(20-23)37-25-17-18-27-26-12-3-5-14-29(26)36(30(27)21-25)32-16-7-8-19-34-32/h3-22,33,35H,1-2H3. The minimum absolute atomic E-state index is 0.324. The van der Waals surface area contributed by atoms with Crippen molar-refractivity contribution in [3.8, 4) is 23.1 Å². The fraction of sp³-hybridized carbons (Fsp3) is 0.0938. The van der Waals surface area contributed by atoms with Gasteiger partial charge in [0, 0.05) is 29.1 Å². The Hall–Kier alpha value is -4.71. The van der Waals surface area contributed by atoms with Crippen molar-refractivity contribution in [2.24, 2.45) is 0 Å². The molecule has 1 N–H and O–H groups in total. The molecule has 0 unspecified atom stereocenters. The third kappa shape index (κ3) is 4.81. The Morgan fingerprint density at radius 3 is 2.39 bits per heavy atom. The molecule has 5 nitrogen and oxygen atoms in total. The van der Waals surface area contributed by atoms with Gasteiger partial charge in [-0.2, -0.15) is 0 Å². The van der Waals surface area contributed by atoms with Crippen LogP contribution in [-0.4, -0.2) is 23.1 Å². The smallest absolute Gasteiger partial charge is 0.374 e. The highest BCUT2D eigenvalue weighted by molar-refractivity contribution is 6.47. The highest BCUT2D eigenvalue weighted by Crippen LogP contribution is 2.34. The third-order valence-electron chi connectivity index (χ3n) is 6.38. The summed E-state index contributed by atoms with van der Waals surface area (Å²) >= 11 is 0. The van der Waals surface area contributed by atoms with Gasteiger partial charge in [-0.3, -0.25) is 4.57 Å². The predicted molar refractivity (Wildman–Crippen MR) is 158 cm³/mol. The van der Waals surface area contributed by atoms with E-state index < -0.39 is 0 Å². The van der Waals surface area contributed by atoms with Gasteiger partial charge in [-0.25, -0.2) is 4.98 Å². The lowest BCUT2D eigenvalue weighted by Gasteiger charge is -2.15. The SMILES string of the molecule is CC(C)Nc1ccccc1OBc1cccc(Oc2ccc3c4ccccc4n(-c4ccccn4)c3c2)c1. The van der Waals surface area contributed by atoms with Crippen LogP contribution in [0.15, 0.2) is 115 Å². The number of aromatic nitrogens is 2. The van der Waals surface area contributed by atoms with Gasteiger partial charge in [0.05, 0.1) is 16.7 Å². The fourth-order valence-corrected chi connectivity index (χ4v) is 4.77. The first-order valence-electron chi connectivity index (χ1n) is 12.9. The molecule has 0 radical (unpaired) electrons. The van der Waals surface area contributed by atoms with Gasteiger partial charge in [0.1, 0.15) is 23.1 Å². The van der Waals surface area contributed by atoms with E-state index in [-0.39, 0.29) is 0 Å². The molecule has 0 aliphatic heterocycles. The molecule has 2 aromatic heterocycles. The average molecular weight is 497 g/mol. The summed E-state index contributed by atoms with van der Waals surface area (Å²) < 4.78 is 14.7. The number of fused-ring (bicyclic) bond motifs is 3. The van der Waals surface area contributed by atoms with Gasteiger partial charge in [-0.1, -0.05) is 48.5 Å². The van der Waals surface area contributed by atoms with Crippen molar-refractivity contribution in [3.63, 3.8) is 0 Å². The molecule has 0 spiro atoms. The maximum Gasteiger partial charge on any atom is 0.374 e. The van der Waals surface area contributed by atoms with Gasteiger partial charge >= 0.3 is 7.48 Å². The molecule has 6 aromatic rings. The van der Waals surface area contributed by atoms with Crippen LogP contribution in [0.1, 0.15) is 13.8 Å². The van der Waals surface area contributed by atoms with E-state index in [9.17, 15) is 0 Å². The Kier molecular flexibility index (Phi) is 6.45. The summed E-state index contributed by atoms with van der Waals surface area (Å²) in [6.45, 7) is 4.23. The van der Waals surface area contributed by atoms with Crippen molar-refractivity contribution < 1.29 is 9.39 Å². The summed E-state index contributed by atoms with van der Waals surface area (Å²) in [6, 6.07) is 37.0. The molecule has 0 amide bonds. The van der Waals surface area contributed by atoms with E-state index in [0.29, 0.717) is 13.5 Å². The maximum absolute atomic E-state index is 6.34. The van der Waals surface area contributed by atoms with Crippen molar-refractivity contribution >= 4 is 40.4 Å². The minimum Gasteiger partial charge on any atom is -0.558 e. The summed E-state index contributed by atoms with van der Waals surface area (Å²) in [7, 11) is 0.445. The summed E-state index contributed by atoms with van der Waals surface area (Å²) in [4.78, 5) is 4.62. The third-order valence-corrected chi connectivity index (χ3v) is 6.38. The predicted octanol–water partition coefficient (Wildman–Crippen LogP) is 6.85.